The number of hydrogen-bond donors (Lipinski definition) is 1. The summed E-state index contributed by atoms with van der Waals surface area (Å²) < 4.78 is 5.63. The van der Waals surface area contributed by atoms with Crippen LogP contribution in [-0.4, -0.2) is 6.41 Å². The Bertz CT molecular complexity index is 483. The molecular formula is C14H12NO2. The van der Waals surface area contributed by atoms with E-state index in [0.717, 1.165) is 5.56 Å². The molecule has 0 heterocycles. The van der Waals surface area contributed by atoms with Crippen molar-refractivity contribution in [2.75, 3.05) is 5.32 Å². The fourth-order valence-corrected chi connectivity index (χ4v) is 1.49. The first kappa shape index (κ1) is 11.2. The van der Waals surface area contributed by atoms with Gasteiger partial charge in [-0.2, -0.15) is 0 Å². The van der Waals surface area contributed by atoms with Crippen molar-refractivity contribution in [2.24, 2.45) is 0 Å². The van der Waals surface area contributed by atoms with Gasteiger partial charge < -0.3 is 10.1 Å². The summed E-state index contributed by atoms with van der Waals surface area (Å²) in [6, 6.07) is 17.1. The van der Waals surface area contributed by atoms with Gasteiger partial charge in [0, 0.05) is 0 Å². The van der Waals surface area contributed by atoms with E-state index in [9.17, 15) is 4.79 Å². The summed E-state index contributed by atoms with van der Waals surface area (Å²) >= 11 is 0. The molecule has 0 unspecified atom stereocenters. The molecule has 0 aromatic heterocycles. The summed E-state index contributed by atoms with van der Waals surface area (Å²) in [5.74, 6) is 0.639. The number of hydrogen-bond acceptors (Lipinski definition) is 2. The Kier molecular flexibility index (Phi) is 3.76. The molecule has 0 aliphatic heterocycles. The maximum Gasteiger partial charge on any atom is 0.314 e. The fourth-order valence-electron chi connectivity index (χ4n) is 1.49. The van der Waals surface area contributed by atoms with Crippen molar-refractivity contribution in [3.8, 4) is 5.75 Å². The highest BCUT2D eigenvalue weighted by atomic mass is 16.5. The lowest BCUT2D eigenvalue weighted by Crippen LogP contribution is -2.00. The third-order valence-electron chi connectivity index (χ3n) is 2.31. The number of amides is 1. The fraction of sp³-hybridized carbons (Fsp3) is 0.0714. The van der Waals surface area contributed by atoms with Gasteiger partial charge in [0.1, 0.15) is 12.4 Å². The molecular weight excluding hydrogens is 214 g/mol. The van der Waals surface area contributed by atoms with E-state index in [1.807, 2.05) is 48.5 Å². The topological polar surface area (TPSA) is 38.3 Å². The lowest BCUT2D eigenvalue weighted by molar-refractivity contribution is 0.308. The molecule has 17 heavy (non-hydrogen) atoms. The summed E-state index contributed by atoms with van der Waals surface area (Å²) in [7, 11) is 0. The molecule has 3 heteroatoms. The first-order chi connectivity index (χ1) is 8.40. The molecule has 0 atom stereocenters. The van der Waals surface area contributed by atoms with Crippen molar-refractivity contribution < 1.29 is 9.53 Å². The van der Waals surface area contributed by atoms with E-state index in [0.29, 0.717) is 18.0 Å². The number of carbonyl (C=O) groups excluding carboxylic acids is 1. The van der Waals surface area contributed by atoms with Gasteiger partial charge in [0.15, 0.2) is 0 Å². The van der Waals surface area contributed by atoms with Crippen molar-refractivity contribution in [1.82, 2.24) is 0 Å². The summed E-state index contributed by atoms with van der Waals surface area (Å²) in [5, 5.41) is 2.48. The van der Waals surface area contributed by atoms with Crippen molar-refractivity contribution in [3.05, 3.63) is 60.2 Å². The van der Waals surface area contributed by atoms with E-state index in [1.165, 1.54) is 0 Å². The molecule has 0 fully saturated rings. The van der Waals surface area contributed by atoms with Crippen LogP contribution < -0.4 is 10.1 Å². The highest BCUT2D eigenvalue weighted by molar-refractivity contribution is 5.75. The molecule has 1 radical (unpaired) electrons. The number of anilines is 1. The Balaban J connectivity index is 2.06. The Morgan fingerprint density at radius 2 is 1.71 bits per heavy atom. The minimum Gasteiger partial charge on any atom is -0.487 e. The maximum absolute atomic E-state index is 10.3. The highest BCUT2D eigenvalue weighted by Crippen LogP contribution is 2.23. The van der Waals surface area contributed by atoms with E-state index in [4.69, 9.17) is 4.74 Å². The molecule has 1 amide bonds. The molecule has 0 saturated heterocycles. The predicted octanol–water partition coefficient (Wildman–Crippen LogP) is 2.74. The van der Waals surface area contributed by atoms with Crippen LogP contribution in [0, 0.1) is 0 Å². The van der Waals surface area contributed by atoms with Crippen LogP contribution in [0.5, 0.6) is 5.75 Å². The first-order valence-electron chi connectivity index (χ1n) is 5.29. The van der Waals surface area contributed by atoms with E-state index in [2.05, 4.69) is 5.32 Å². The SMILES string of the molecule is O=[C]Nc1ccccc1OCc1ccccc1. The van der Waals surface area contributed by atoms with Gasteiger partial charge in [-0.1, -0.05) is 42.5 Å². The van der Waals surface area contributed by atoms with Gasteiger partial charge in [-0.05, 0) is 17.7 Å². The molecule has 0 saturated carbocycles. The molecule has 1 N–H and O–H groups in total. The van der Waals surface area contributed by atoms with Crippen LogP contribution in [0.3, 0.4) is 0 Å². The summed E-state index contributed by atoms with van der Waals surface area (Å²) in [6.45, 7) is 0.471. The molecule has 0 spiro atoms. The zero-order valence-corrected chi connectivity index (χ0v) is 9.22. The zero-order valence-electron chi connectivity index (χ0n) is 9.22. The van der Waals surface area contributed by atoms with E-state index >= 15 is 0 Å². The van der Waals surface area contributed by atoms with Crippen LogP contribution in [0.4, 0.5) is 5.69 Å². The average Bonchev–Trinajstić information content (AvgIpc) is 2.39. The molecule has 3 nitrogen and oxygen atoms in total. The van der Waals surface area contributed by atoms with Gasteiger partial charge in [0.25, 0.3) is 0 Å². The highest BCUT2D eigenvalue weighted by Gasteiger charge is 2.02. The molecule has 0 aliphatic rings. The number of benzene rings is 2. The second kappa shape index (κ2) is 5.70. The van der Waals surface area contributed by atoms with E-state index < -0.39 is 0 Å². The van der Waals surface area contributed by atoms with Crippen molar-refractivity contribution in [2.45, 2.75) is 6.61 Å². The third kappa shape index (κ3) is 3.08. The van der Waals surface area contributed by atoms with Gasteiger partial charge in [-0.3, -0.25) is 4.79 Å². The predicted molar refractivity (Wildman–Crippen MR) is 66.5 cm³/mol. The lowest BCUT2D eigenvalue weighted by atomic mass is 10.2. The molecule has 2 aromatic rings. The van der Waals surface area contributed by atoms with Crippen LogP contribution in [0.1, 0.15) is 5.56 Å². The smallest absolute Gasteiger partial charge is 0.314 e. The molecule has 2 rings (SSSR count). The van der Waals surface area contributed by atoms with Crippen LogP contribution >= 0.6 is 0 Å². The van der Waals surface area contributed by atoms with Crippen molar-refractivity contribution >= 4 is 12.1 Å². The van der Waals surface area contributed by atoms with E-state index in [-0.39, 0.29) is 0 Å². The van der Waals surface area contributed by atoms with Crippen LogP contribution in [0.15, 0.2) is 54.6 Å². The Morgan fingerprint density at radius 1 is 1.00 bits per heavy atom. The zero-order chi connectivity index (χ0) is 11.9. The molecule has 85 valence electrons. The minimum atomic E-state index is 0.471. The standard InChI is InChI=1S/C14H12NO2/c16-11-15-13-8-4-5-9-14(13)17-10-12-6-2-1-3-7-12/h1-9H,10H2,(H,15,16). The minimum absolute atomic E-state index is 0.471. The summed E-state index contributed by atoms with van der Waals surface area (Å²) in [4.78, 5) is 10.3. The van der Waals surface area contributed by atoms with Crippen molar-refractivity contribution in [3.63, 3.8) is 0 Å². The van der Waals surface area contributed by atoms with Gasteiger partial charge in [0.2, 0.25) is 0 Å². The Morgan fingerprint density at radius 3 is 2.47 bits per heavy atom. The molecule has 2 aromatic carbocycles. The van der Waals surface area contributed by atoms with Gasteiger partial charge in [-0.15, -0.1) is 0 Å². The van der Waals surface area contributed by atoms with Crippen LogP contribution in [-0.2, 0) is 11.4 Å². The second-order valence-electron chi connectivity index (χ2n) is 3.50. The third-order valence-corrected chi connectivity index (χ3v) is 2.31. The Hall–Kier alpha value is -2.29. The second-order valence-corrected chi connectivity index (χ2v) is 3.50. The Labute approximate surface area is 100 Å². The van der Waals surface area contributed by atoms with Gasteiger partial charge >= 0.3 is 6.41 Å². The number of nitrogens with one attached hydrogen (secondary N) is 1. The van der Waals surface area contributed by atoms with Crippen LogP contribution in [0.2, 0.25) is 0 Å². The van der Waals surface area contributed by atoms with Crippen LogP contribution in [0.25, 0.3) is 0 Å². The monoisotopic (exact) mass is 226 g/mol. The normalized spacial score (nSPS) is 9.65. The number of para-hydroxylation sites is 2. The van der Waals surface area contributed by atoms with E-state index in [1.54, 1.807) is 12.5 Å². The molecule has 0 bridgehead atoms. The van der Waals surface area contributed by atoms with Gasteiger partial charge in [-0.25, -0.2) is 0 Å². The number of rotatable bonds is 5. The average molecular weight is 226 g/mol. The molecule has 0 aliphatic carbocycles. The largest absolute Gasteiger partial charge is 0.487 e. The van der Waals surface area contributed by atoms with Gasteiger partial charge in [0.05, 0.1) is 5.69 Å². The number of ether oxygens (including phenoxy) is 1. The summed E-state index contributed by atoms with van der Waals surface area (Å²) in [5.41, 5.74) is 1.70. The van der Waals surface area contributed by atoms with Crippen molar-refractivity contribution in [1.29, 1.82) is 0 Å². The quantitative estimate of drug-likeness (QED) is 0.796. The first-order valence-corrected chi connectivity index (χ1v) is 5.29. The maximum atomic E-state index is 10.3. The summed E-state index contributed by atoms with van der Waals surface area (Å²) in [6.07, 6.45) is 1.64. The lowest BCUT2D eigenvalue weighted by Gasteiger charge is -2.09.